The Labute approximate surface area is 182 Å². The summed E-state index contributed by atoms with van der Waals surface area (Å²) >= 11 is 0. The van der Waals surface area contributed by atoms with Crippen LogP contribution in [-0.2, 0) is 4.74 Å². The Balaban J connectivity index is 1.51. The lowest BCUT2D eigenvalue weighted by molar-refractivity contribution is 0.0474. The largest absolute Gasteiger partial charge is 0.496 e. The summed E-state index contributed by atoms with van der Waals surface area (Å²) in [5.41, 5.74) is 0.626. The molecule has 0 spiro atoms. The first-order valence-corrected chi connectivity index (χ1v) is 9.52. The molecule has 2 amide bonds. The minimum atomic E-state index is -0.823. The Kier molecular flexibility index (Phi) is 5.51. The number of imide groups is 1. The number of para-hydroxylation sites is 1. The van der Waals surface area contributed by atoms with Crippen LogP contribution in [0.2, 0.25) is 0 Å². The number of hydrogen-bond donors (Lipinski definition) is 0. The number of fused-ring (bicyclic) bond motifs is 1. The van der Waals surface area contributed by atoms with E-state index in [4.69, 9.17) is 9.47 Å². The molecule has 0 aromatic heterocycles. The Hall–Kier alpha value is -4.33. The molecule has 1 heterocycles. The first kappa shape index (κ1) is 20.9. The van der Waals surface area contributed by atoms with Gasteiger partial charge in [0.25, 0.3) is 11.8 Å². The van der Waals surface area contributed by atoms with Gasteiger partial charge in [-0.2, -0.15) is 0 Å². The van der Waals surface area contributed by atoms with Crippen LogP contribution in [0.25, 0.3) is 0 Å². The highest BCUT2D eigenvalue weighted by atomic mass is 19.1. The molecule has 8 heteroatoms. The number of halogens is 1. The number of esters is 1. The van der Waals surface area contributed by atoms with Gasteiger partial charge in [-0.3, -0.25) is 14.4 Å². The molecular weight excluding hydrogens is 417 g/mol. The molecule has 0 atom stereocenters. The smallest absolute Gasteiger partial charge is 0.338 e. The second-order valence-corrected chi connectivity index (χ2v) is 6.88. The number of Topliss-reactive ketones (excluding diaryl/α,β-unsaturated/α-hetero) is 1. The van der Waals surface area contributed by atoms with Crippen LogP contribution in [0, 0.1) is 5.82 Å². The highest BCUT2D eigenvalue weighted by Gasteiger charge is 2.37. The third kappa shape index (κ3) is 3.74. The highest BCUT2D eigenvalue weighted by Crippen LogP contribution is 2.29. The molecule has 7 nitrogen and oxygen atoms in total. The number of ketones is 1. The van der Waals surface area contributed by atoms with Crippen LogP contribution in [0.1, 0.15) is 41.4 Å². The summed E-state index contributed by atoms with van der Waals surface area (Å²) in [6.07, 6.45) is 0. The van der Waals surface area contributed by atoms with E-state index in [-0.39, 0.29) is 27.9 Å². The molecule has 0 N–H and O–H groups in total. The first-order chi connectivity index (χ1) is 15.4. The van der Waals surface area contributed by atoms with E-state index >= 15 is 0 Å². The maximum absolute atomic E-state index is 13.2. The van der Waals surface area contributed by atoms with Crippen LogP contribution in [0.5, 0.6) is 5.75 Å². The van der Waals surface area contributed by atoms with Crippen LogP contribution < -0.4 is 9.64 Å². The third-order valence-corrected chi connectivity index (χ3v) is 4.95. The molecule has 160 valence electrons. The molecule has 0 radical (unpaired) electrons. The van der Waals surface area contributed by atoms with E-state index in [0.717, 1.165) is 17.0 Å². The average molecular weight is 433 g/mol. The number of carbonyl (C=O) groups excluding carboxylic acids is 4. The zero-order chi connectivity index (χ0) is 22.8. The van der Waals surface area contributed by atoms with Crippen LogP contribution in [0.15, 0.2) is 66.7 Å². The Bertz CT molecular complexity index is 1250. The summed E-state index contributed by atoms with van der Waals surface area (Å²) in [6, 6.07) is 15.4. The zero-order valence-corrected chi connectivity index (χ0v) is 16.8. The maximum atomic E-state index is 13.2. The highest BCUT2D eigenvalue weighted by molar-refractivity contribution is 6.34. The van der Waals surface area contributed by atoms with Crippen molar-refractivity contribution in [2.24, 2.45) is 0 Å². The van der Waals surface area contributed by atoms with Gasteiger partial charge in [-0.1, -0.05) is 12.1 Å². The number of hydrogen-bond acceptors (Lipinski definition) is 6. The first-order valence-electron chi connectivity index (χ1n) is 9.52. The quantitative estimate of drug-likeness (QED) is 0.335. The summed E-state index contributed by atoms with van der Waals surface area (Å²) in [5.74, 6) is -2.64. The van der Waals surface area contributed by atoms with Crippen LogP contribution in [-0.4, -0.2) is 37.3 Å². The van der Waals surface area contributed by atoms with Gasteiger partial charge in [0, 0.05) is 0 Å². The van der Waals surface area contributed by atoms with Crippen molar-refractivity contribution in [1.82, 2.24) is 0 Å². The van der Waals surface area contributed by atoms with Crippen molar-refractivity contribution in [1.29, 1.82) is 0 Å². The number of nitrogens with zero attached hydrogens (tertiary/aromatic N) is 1. The molecule has 0 bridgehead atoms. The number of carbonyl (C=O) groups is 4. The number of anilines is 1. The van der Waals surface area contributed by atoms with Crippen molar-refractivity contribution in [3.8, 4) is 5.75 Å². The van der Waals surface area contributed by atoms with E-state index < -0.39 is 36.0 Å². The van der Waals surface area contributed by atoms with Crippen LogP contribution >= 0.6 is 0 Å². The van der Waals surface area contributed by atoms with Crippen molar-refractivity contribution in [3.63, 3.8) is 0 Å². The molecule has 32 heavy (non-hydrogen) atoms. The normalized spacial score (nSPS) is 12.5. The molecule has 0 unspecified atom stereocenters. The number of amides is 2. The van der Waals surface area contributed by atoms with Crippen LogP contribution in [0.3, 0.4) is 0 Å². The monoisotopic (exact) mass is 433 g/mol. The predicted molar refractivity (Wildman–Crippen MR) is 112 cm³/mol. The molecule has 1 aliphatic rings. The zero-order valence-electron chi connectivity index (χ0n) is 16.8. The standard InChI is InChI=1S/C24H16FNO6/c1-31-21-5-3-2-4-18(21)20(27)13-32-24(30)14-6-11-17-19(12-14)23(29)26(22(17)28)16-9-7-15(25)8-10-16/h2-12H,13H2,1H3. The minimum absolute atomic E-state index is 0.0127. The summed E-state index contributed by atoms with van der Waals surface area (Å²) in [5, 5.41) is 0. The molecule has 0 saturated heterocycles. The van der Waals surface area contributed by atoms with Crippen molar-refractivity contribution < 1.29 is 33.0 Å². The van der Waals surface area contributed by atoms with Crippen molar-refractivity contribution in [2.45, 2.75) is 0 Å². The number of methoxy groups -OCH3 is 1. The molecule has 1 aliphatic heterocycles. The third-order valence-electron chi connectivity index (χ3n) is 4.95. The SMILES string of the molecule is COc1ccccc1C(=O)COC(=O)c1ccc2c(c1)C(=O)N(c1ccc(F)cc1)C2=O. The van der Waals surface area contributed by atoms with Gasteiger partial charge >= 0.3 is 5.97 Å². The van der Waals surface area contributed by atoms with Crippen molar-refractivity contribution in [3.05, 3.63) is 94.8 Å². The van der Waals surface area contributed by atoms with Crippen LogP contribution in [0.4, 0.5) is 10.1 Å². The van der Waals surface area contributed by atoms with Crippen molar-refractivity contribution in [2.75, 3.05) is 18.6 Å². The second-order valence-electron chi connectivity index (χ2n) is 6.88. The molecular formula is C24H16FNO6. The average Bonchev–Trinajstić information content (AvgIpc) is 3.07. The fourth-order valence-electron chi connectivity index (χ4n) is 3.36. The fraction of sp³-hybridized carbons (Fsp3) is 0.0833. The summed E-state index contributed by atoms with van der Waals surface area (Å²) < 4.78 is 23.4. The molecule has 0 saturated carbocycles. The summed E-state index contributed by atoms with van der Waals surface area (Å²) in [7, 11) is 1.43. The lowest BCUT2D eigenvalue weighted by Gasteiger charge is -2.13. The lowest BCUT2D eigenvalue weighted by Crippen LogP contribution is -2.29. The van der Waals surface area contributed by atoms with Gasteiger partial charge in [0.05, 0.1) is 35.1 Å². The van der Waals surface area contributed by atoms with Gasteiger partial charge in [0.1, 0.15) is 11.6 Å². The van der Waals surface area contributed by atoms with Gasteiger partial charge < -0.3 is 9.47 Å². The fourth-order valence-corrected chi connectivity index (χ4v) is 3.36. The van der Waals surface area contributed by atoms with E-state index in [1.54, 1.807) is 24.3 Å². The molecule has 0 aliphatic carbocycles. The van der Waals surface area contributed by atoms with E-state index in [0.29, 0.717) is 5.75 Å². The number of benzene rings is 3. The Morgan fingerprint density at radius 2 is 1.59 bits per heavy atom. The molecule has 3 aromatic carbocycles. The Morgan fingerprint density at radius 3 is 2.31 bits per heavy atom. The summed E-state index contributed by atoms with van der Waals surface area (Å²) in [6.45, 7) is -0.523. The maximum Gasteiger partial charge on any atom is 0.338 e. The van der Waals surface area contributed by atoms with E-state index in [1.807, 2.05) is 0 Å². The predicted octanol–water partition coefficient (Wildman–Crippen LogP) is 3.67. The molecule has 0 fully saturated rings. The van der Waals surface area contributed by atoms with Gasteiger partial charge in [0.15, 0.2) is 6.61 Å². The van der Waals surface area contributed by atoms with Gasteiger partial charge in [-0.15, -0.1) is 0 Å². The topological polar surface area (TPSA) is 90.0 Å². The summed E-state index contributed by atoms with van der Waals surface area (Å²) in [4.78, 5) is 51.2. The van der Waals surface area contributed by atoms with E-state index in [9.17, 15) is 23.6 Å². The number of ether oxygens (including phenoxy) is 2. The van der Waals surface area contributed by atoms with Gasteiger partial charge in [0.2, 0.25) is 5.78 Å². The van der Waals surface area contributed by atoms with Gasteiger partial charge in [-0.25, -0.2) is 14.1 Å². The van der Waals surface area contributed by atoms with E-state index in [2.05, 4.69) is 0 Å². The van der Waals surface area contributed by atoms with Gasteiger partial charge in [-0.05, 0) is 54.6 Å². The lowest BCUT2D eigenvalue weighted by atomic mass is 10.1. The number of rotatable bonds is 6. The molecule has 4 rings (SSSR count). The van der Waals surface area contributed by atoms with E-state index in [1.165, 1.54) is 37.4 Å². The second kappa shape index (κ2) is 8.43. The Morgan fingerprint density at radius 1 is 0.906 bits per heavy atom. The van der Waals surface area contributed by atoms with Crippen molar-refractivity contribution >= 4 is 29.3 Å². The minimum Gasteiger partial charge on any atom is -0.496 e. The molecule has 3 aromatic rings.